The first-order valence-electron chi connectivity index (χ1n) is 36.8. The van der Waals surface area contributed by atoms with Gasteiger partial charge in [0.05, 0.1) is 26.4 Å². The Morgan fingerprint density at radius 1 is 0.300 bits per heavy atom. The average Bonchev–Trinajstić information content (AvgIpc) is 2.89. The minimum atomic E-state index is -4.95. The van der Waals surface area contributed by atoms with Gasteiger partial charge in [-0.2, -0.15) is 0 Å². The maximum Gasteiger partial charge on any atom is 0.472 e. The smallest absolute Gasteiger partial charge is 0.462 e. The highest BCUT2D eigenvalue weighted by Crippen LogP contribution is 2.45. The molecular formula is C71H138O17P2. The molecule has 0 aliphatic heterocycles. The standard InChI is InChI=1S/C71H138O17P2/c1-8-9-10-11-12-13-14-15-24-31-38-45-52-68(73)81-59-67(88-71(76)55-48-41-34-27-20-23-30-37-44-51-64(6)7)61-86-90(79,80)84-57-65(72)56-83-89(77,78)85-60-66(87-70(75)54-47-40-33-26-19-17-22-29-36-43-50-63(4)5)58-82-69(74)53-46-39-32-25-18-16-21-28-35-42-49-62(2)3/h62-67,72H,8-61H2,1-7H3,(H,77,78)(H,79,80)/t65-,66-,67-/m1/s1. The summed E-state index contributed by atoms with van der Waals surface area (Å²) < 4.78 is 68.3. The summed E-state index contributed by atoms with van der Waals surface area (Å²) in [6.07, 6.45) is 45.7. The van der Waals surface area contributed by atoms with Gasteiger partial charge < -0.3 is 33.8 Å². The van der Waals surface area contributed by atoms with Crippen molar-refractivity contribution < 1.29 is 80.2 Å². The Labute approximate surface area is 549 Å². The number of unbranched alkanes of at least 4 members (excludes halogenated alkanes) is 37. The minimum Gasteiger partial charge on any atom is -0.462 e. The van der Waals surface area contributed by atoms with Crippen LogP contribution in [0.2, 0.25) is 0 Å². The van der Waals surface area contributed by atoms with Crippen molar-refractivity contribution in [3.63, 3.8) is 0 Å². The van der Waals surface area contributed by atoms with E-state index < -0.39 is 97.5 Å². The Kier molecular flexibility index (Phi) is 60.6. The summed E-state index contributed by atoms with van der Waals surface area (Å²) in [7, 11) is -9.90. The zero-order valence-corrected chi connectivity index (χ0v) is 60.4. The summed E-state index contributed by atoms with van der Waals surface area (Å²) >= 11 is 0. The van der Waals surface area contributed by atoms with Crippen molar-refractivity contribution in [3.05, 3.63) is 0 Å². The number of aliphatic hydroxyl groups is 1. The van der Waals surface area contributed by atoms with Crippen molar-refractivity contribution in [1.82, 2.24) is 0 Å². The van der Waals surface area contributed by atoms with Crippen molar-refractivity contribution in [2.45, 2.75) is 375 Å². The monoisotopic (exact) mass is 1320 g/mol. The summed E-state index contributed by atoms with van der Waals surface area (Å²) in [6.45, 7) is 11.8. The molecule has 5 atom stereocenters. The maximum absolute atomic E-state index is 13.0. The zero-order valence-electron chi connectivity index (χ0n) is 58.6. The summed E-state index contributed by atoms with van der Waals surface area (Å²) in [5, 5.41) is 10.6. The molecule has 3 N–H and O–H groups in total. The molecule has 0 aliphatic rings. The molecule has 19 heteroatoms. The van der Waals surface area contributed by atoms with Crippen LogP contribution in [0.3, 0.4) is 0 Å². The molecule has 534 valence electrons. The molecule has 0 aliphatic carbocycles. The fourth-order valence-electron chi connectivity index (χ4n) is 10.7. The van der Waals surface area contributed by atoms with Gasteiger partial charge in [-0.3, -0.25) is 37.3 Å². The summed E-state index contributed by atoms with van der Waals surface area (Å²) in [4.78, 5) is 72.6. The second-order valence-electron chi connectivity index (χ2n) is 27.1. The number of aliphatic hydroxyl groups excluding tert-OH is 1. The van der Waals surface area contributed by atoms with Gasteiger partial charge in [-0.1, -0.05) is 305 Å². The van der Waals surface area contributed by atoms with Gasteiger partial charge >= 0.3 is 39.5 Å². The Morgan fingerprint density at radius 3 is 0.756 bits per heavy atom. The molecule has 90 heavy (non-hydrogen) atoms. The average molecular weight is 1330 g/mol. The van der Waals surface area contributed by atoms with E-state index in [4.69, 9.17) is 37.0 Å². The first-order chi connectivity index (χ1) is 43.2. The van der Waals surface area contributed by atoms with E-state index in [-0.39, 0.29) is 25.7 Å². The number of rotatable bonds is 69. The molecule has 0 aromatic heterocycles. The predicted molar refractivity (Wildman–Crippen MR) is 363 cm³/mol. The predicted octanol–water partition coefficient (Wildman–Crippen LogP) is 20.2. The van der Waals surface area contributed by atoms with Crippen LogP contribution in [-0.4, -0.2) is 96.7 Å². The van der Waals surface area contributed by atoms with Gasteiger partial charge in [-0.25, -0.2) is 9.13 Å². The normalized spacial score (nSPS) is 14.2. The molecule has 0 aromatic carbocycles. The van der Waals surface area contributed by atoms with Crippen molar-refractivity contribution in [2.75, 3.05) is 39.6 Å². The first-order valence-corrected chi connectivity index (χ1v) is 39.8. The lowest BCUT2D eigenvalue weighted by Gasteiger charge is -2.21. The number of hydrogen-bond donors (Lipinski definition) is 3. The van der Waals surface area contributed by atoms with Crippen LogP contribution in [0.5, 0.6) is 0 Å². The molecule has 0 heterocycles. The number of phosphoric ester groups is 2. The molecule has 0 aromatic rings. The summed E-state index contributed by atoms with van der Waals surface area (Å²) in [5.74, 6) is 0.123. The van der Waals surface area contributed by atoms with E-state index in [0.717, 1.165) is 108 Å². The molecule has 0 saturated carbocycles. The van der Waals surface area contributed by atoms with Crippen LogP contribution < -0.4 is 0 Å². The maximum atomic E-state index is 13.0. The number of ether oxygens (including phenoxy) is 4. The third-order valence-electron chi connectivity index (χ3n) is 16.4. The van der Waals surface area contributed by atoms with Gasteiger partial charge in [0.2, 0.25) is 0 Å². The number of phosphoric acid groups is 2. The van der Waals surface area contributed by atoms with E-state index >= 15 is 0 Å². The molecule has 17 nitrogen and oxygen atoms in total. The van der Waals surface area contributed by atoms with E-state index in [1.165, 1.54) is 167 Å². The molecule has 0 radical (unpaired) electrons. The van der Waals surface area contributed by atoms with Crippen LogP contribution in [0.25, 0.3) is 0 Å². The lowest BCUT2D eigenvalue weighted by molar-refractivity contribution is -0.161. The SMILES string of the molecule is CCCCCCCCCCCCCCC(=O)OC[C@H](COP(=O)(O)OC[C@H](O)COP(=O)(O)OC[C@@H](COC(=O)CCCCCCCCCCCCC(C)C)OC(=O)CCCCCCCCCCCCC(C)C)OC(=O)CCCCCCCCCCCC(C)C. The van der Waals surface area contributed by atoms with Crippen LogP contribution >= 0.6 is 15.6 Å². The van der Waals surface area contributed by atoms with Crippen molar-refractivity contribution in [2.24, 2.45) is 17.8 Å². The largest absolute Gasteiger partial charge is 0.472 e. The molecular weight excluding hydrogens is 1190 g/mol. The number of carbonyl (C=O) groups excluding carboxylic acids is 4. The fourth-order valence-corrected chi connectivity index (χ4v) is 12.3. The highest BCUT2D eigenvalue weighted by Gasteiger charge is 2.30. The Bertz CT molecular complexity index is 1770. The summed E-state index contributed by atoms with van der Waals surface area (Å²) in [5.41, 5.74) is 0. The third kappa shape index (κ3) is 64.8. The molecule has 0 amide bonds. The van der Waals surface area contributed by atoms with E-state index in [2.05, 4.69) is 48.5 Å². The zero-order chi connectivity index (χ0) is 66.6. The quantitative estimate of drug-likeness (QED) is 0.0222. The van der Waals surface area contributed by atoms with Gasteiger partial charge in [0, 0.05) is 25.7 Å². The van der Waals surface area contributed by atoms with E-state index in [1.54, 1.807) is 0 Å². The second-order valence-corrected chi connectivity index (χ2v) is 30.0. The molecule has 2 unspecified atom stereocenters. The van der Waals surface area contributed by atoms with Crippen LogP contribution in [0.1, 0.15) is 357 Å². The van der Waals surface area contributed by atoms with E-state index in [0.29, 0.717) is 25.7 Å². The summed E-state index contributed by atoms with van der Waals surface area (Å²) in [6, 6.07) is 0. The van der Waals surface area contributed by atoms with Crippen molar-refractivity contribution >= 4 is 39.5 Å². The molecule has 0 fully saturated rings. The fraction of sp³-hybridized carbons (Fsp3) is 0.944. The molecule has 0 saturated heterocycles. The van der Waals surface area contributed by atoms with Gasteiger partial charge in [-0.05, 0) is 43.4 Å². The van der Waals surface area contributed by atoms with Crippen LogP contribution in [0.15, 0.2) is 0 Å². The lowest BCUT2D eigenvalue weighted by atomic mass is 10.0. The molecule has 0 rings (SSSR count). The lowest BCUT2D eigenvalue weighted by Crippen LogP contribution is -2.30. The minimum absolute atomic E-state index is 0.105. The first kappa shape index (κ1) is 88.1. The molecule has 0 bridgehead atoms. The van der Waals surface area contributed by atoms with Crippen LogP contribution in [-0.2, 0) is 65.4 Å². The third-order valence-corrected chi connectivity index (χ3v) is 18.3. The Morgan fingerprint density at radius 2 is 0.511 bits per heavy atom. The topological polar surface area (TPSA) is 237 Å². The van der Waals surface area contributed by atoms with Gasteiger partial charge in [0.25, 0.3) is 0 Å². The van der Waals surface area contributed by atoms with E-state index in [9.17, 15) is 43.2 Å². The number of hydrogen-bond acceptors (Lipinski definition) is 15. The van der Waals surface area contributed by atoms with Gasteiger partial charge in [0.1, 0.15) is 19.3 Å². The number of carbonyl (C=O) groups is 4. The Balaban J connectivity index is 5.27. The Hall–Kier alpha value is -1.94. The van der Waals surface area contributed by atoms with Gasteiger partial charge in [-0.15, -0.1) is 0 Å². The van der Waals surface area contributed by atoms with E-state index in [1.807, 2.05) is 0 Å². The van der Waals surface area contributed by atoms with Gasteiger partial charge in [0.15, 0.2) is 12.2 Å². The molecule has 0 spiro atoms. The number of esters is 4. The van der Waals surface area contributed by atoms with Crippen molar-refractivity contribution in [3.8, 4) is 0 Å². The van der Waals surface area contributed by atoms with Crippen molar-refractivity contribution in [1.29, 1.82) is 0 Å². The van der Waals surface area contributed by atoms with Crippen LogP contribution in [0, 0.1) is 17.8 Å². The highest BCUT2D eigenvalue weighted by molar-refractivity contribution is 7.47. The van der Waals surface area contributed by atoms with Crippen LogP contribution in [0.4, 0.5) is 0 Å². The second kappa shape index (κ2) is 61.9. The highest BCUT2D eigenvalue weighted by atomic mass is 31.2.